The lowest BCUT2D eigenvalue weighted by Crippen LogP contribution is -2.38. The molecule has 5 aliphatic rings. The average Bonchev–Trinajstić information content (AvgIpc) is 3.62. The molecule has 4 aromatic carbocycles. The number of aromatic nitrogens is 4. The van der Waals surface area contributed by atoms with E-state index in [2.05, 4.69) is 91.0 Å². The SMILES string of the molecule is COc1ccc2cc1Oc1ccc(cc1)CC1c3c(cc(OC)c4c3Oc3cc5c(cc3O4)CCN(C)[C@H]5C2)CCN1CCCn1cnc2c(N)ncnc21. The zero-order valence-electron chi connectivity index (χ0n) is 31.2. The number of hydrogen-bond donors (Lipinski definition) is 1. The Morgan fingerprint density at radius 2 is 1.53 bits per heavy atom. The summed E-state index contributed by atoms with van der Waals surface area (Å²) in [6.07, 6.45) is 7.52. The Morgan fingerprint density at radius 3 is 2.38 bits per heavy atom. The minimum Gasteiger partial charge on any atom is -0.493 e. The lowest BCUT2D eigenvalue weighted by molar-refractivity contribution is 0.173. The maximum atomic E-state index is 7.09. The molecule has 55 heavy (non-hydrogen) atoms. The third-order valence-corrected chi connectivity index (χ3v) is 11.8. The van der Waals surface area contributed by atoms with Gasteiger partial charge in [0, 0.05) is 43.8 Å². The van der Waals surface area contributed by atoms with Gasteiger partial charge >= 0.3 is 0 Å². The van der Waals surface area contributed by atoms with Gasteiger partial charge in [-0.25, -0.2) is 15.0 Å². The largest absolute Gasteiger partial charge is 0.493 e. The molecule has 0 saturated heterocycles. The van der Waals surface area contributed by atoms with Crippen LogP contribution in [0.1, 0.15) is 51.9 Å². The van der Waals surface area contributed by atoms with Gasteiger partial charge in [-0.05, 0) is 109 Å². The molecule has 7 heterocycles. The second-order valence-corrected chi connectivity index (χ2v) is 14.9. The molecule has 1 unspecified atom stereocenters. The van der Waals surface area contributed by atoms with Crippen LogP contribution in [0.5, 0.6) is 46.0 Å². The first-order chi connectivity index (χ1) is 26.9. The van der Waals surface area contributed by atoms with Crippen molar-refractivity contribution in [2.45, 2.75) is 50.7 Å². The van der Waals surface area contributed by atoms with E-state index in [1.54, 1.807) is 20.5 Å². The van der Waals surface area contributed by atoms with Crippen LogP contribution in [0.2, 0.25) is 0 Å². The molecule has 280 valence electrons. The number of fused-ring (bicyclic) bond motifs is 3. The maximum Gasteiger partial charge on any atom is 0.212 e. The number of nitrogens with two attached hydrogens (primary N) is 1. The third-order valence-electron chi connectivity index (χ3n) is 11.8. The van der Waals surface area contributed by atoms with Gasteiger partial charge < -0.3 is 34.0 Å². The van der Waals surface area contributed by atoms with Crippen LogP contribution in [0.15, 0.2) is 73.3 Å². The fourth-order valence-electron chi connectivity index (χ4n) is 8.89. The third kappa shape index (κ3) is 5.87. The Balaban J connectivity index is 1.08. The highest BCUT2D eigenvalue weighted by Gasteiger charge is 2.38. The molecular formula is C43H43N7O5. The molecule has 0 radical (unpaired) electrons. The predicted molar refractivity (Wildman–Crippen MR) is 208 cm³/mol. The van der Waals surface area contributed by atoms with E-state index >= 15 is 0 Å². The smallest absolute Gasteiger partial charge is 0.212 e. The molecule has 0 aliphatic carbocycles. The van der Waals surface area contributed by atoms with E-state index in [1.807, 2.05) is 6.07 Å². The first-order valence-electron chi connectivity index (χ1n) is 19.0. The molecular weight excluding hydrogens is 695 g/mol. The molecule has 6 aromatic rings. The summed E-state index contributed by atoms with van der Waals surface area (Å²) in [6.45, 7) is 3.41. The van der Waals surface area contributed by atoms with Crippen LogP contribution >= 0.6 is 0 Å². The van der Waals surface area contributed by atoms with Crippen LogP contribution in [-0.2, 0) is 32.2 Å². The predicted octanol–water partition coefficient (Wildman–Crippen LogP) is 7.43. The van der Waals surface area contributed by atoms with Crippen LogP contribution in [-0.4, -0.2) is 70.2 Å². The fraction of sp³-hybridized carbons (Fsp3) is 0.326. The van der Waals surface area contributed by atoms with Gasteiger partial charge in [0.25, 0.3) is 0 Å². The molecule has 0 fully saturated rings. The van der Waals surface area contributed by atoms with Gasteiger partial charge in [0.15, 0.2) is 46.0 Å². The second-order valence-electron chi connectivity index (χ2n) is 14.9. The average molecular weight is 738 g/mol. The summed E-state index contributed by atoms with van der Waals surface area (Å²) in [7, 11) is 5.59. The summed E-state index contributed by atoms with van der Waals surface area (Å²) in [5.41, 5.74) is 14.7. The molecule has 0 amide bonds. The number of ether oxygens (including phenoxy) is 5. The second kappa shape index (κ2) is 13.5. The van der Waals surface area contributed by atoms with Gasteiger partial charge in [-0.1, -0.05) is 18.2 Å². The van der Waals surface area contributed by atoms with Crippen molar-refractivity contribution in [1.29, 1.82) is 0 Å². The topological polar surface area (TPSA) is 122 Å². The van der Waals surface area contributed by atoms with Crippen molar-refractivity contribution in [3.8, 4) is 46.0 Å². The Kier molecular flexibility index (Phi) is 8.25. The van der Waals surface area contributed by atoms with Crippen molar-refractivity contribution in [3.63, 3.8) is 0 Å². The zero-order valence-corrected chi connectivity index (χ0v) is 31.2. The molecule has 5 aliphatic heterocycles. The molecule has 2 atom stereocenters. The fourth-order valence-corrected chi connectivity index (χ4v) is 8.89. The van der Waals surface area contributed by atoms with Crippen LogP contribution in [0.4, 0.5) is 5.82 Å². The van der Waals surface area contributed by atoms with E-state index in [1.165, 1.54) is 34.1 Å². The number of methoxy groups -OCH3 is 2. The molecule has 7 bridgehead atoms. The molecule has 11 rings (SSSR count). The Labute approximate surface area is 319 Å². The van der Waals surface area contributed by atoms with E-state index in [-0.39, 0.29) is 12.1 Å². The Bertz CT molecular complexity index is 2450. The molecule has 12 nitrogen and oxygen atoms in total. The maximum absolute atomic E-state index is 7.09. The van der Waals surface area contributed by atoms with Gasteiger partial charge in [-0.15, -0.1) is 0 Å². The Hall–Kier alpha value is -5.85. The van der Waals surface area contributed by atoms with Gasteiger partial charge in [-0.3, -0.25) is 9.80 Å². The zero-order chi connectivity index (χ0) is 37.2. The van der Waals surface area contributed by atoms with Crippen molar-refractivity contribution in [2.75, 3.05) is 46.6 Å². The molecule has 2 aromatic heterocycles. The van der Waals surface area contributed by atoms with Gasteiger partial charge in [0.2, 0.25) is 5.75 Å². The normalized spacial score (nSPS) is 18.6. The lowest BCUT2D eigenvalue weighted by Gasteiger charge is -2.40. The first-order valence-corrected chi connectivity index (χ1v) is 19.0. The highest BCUT2D eigenvalue weighted by atomic mass is 16.6. The van der Waals surface area contributed by atoms with E-state index in [9.17, 15) is 0 Å². The van der Waals surface area contributed by atoms with Crippen LogP contribution in [0, 0.1) is 0 Å². The quantitative estimate of drug-likeness (QED) is 0.183. The van der Waals surface area contributed by atoms with Crippen LogP contribution in [0.3, 0.4) is 0 Å². The number of aryl methyl sites for hydroxylation is 1. The number of likely N-dealkylation sites (N-methyl/N-ethyl adjacent to an activating group) is 1. The number of anilines is 1. The van der Waals surface area contributed by atoms with E-state index in [4.69, 9.17) is 29.4 Å². The van der Waals surface area contributed by atoms with Crippen molar-refractivity contribution >= 4 is 17.0 Å². The van der Waals surface area contributed by atoms with Crippen molar-refractivity contribution in [2.24, 2.45) is 0 Å². The van der Waals surface area contributed by atoms with Gasteiger partial charge in [-0.2, -0.15) is 0 Å². The van der Waals surface area contributed by atoms with E-state index in [0.717, 1.165) is 92.5 Å². The van der Waals surface area contributed by atoms with Crippen LogP contribution in [0.25, 0.3) is 11.2 Å². The van der Waals surface area contributed by atoms with E-state index < -0.39 is 0 Å². The monoisotopic (exact) mass is 737 g/mol. The molecule has 0 saturated carbocycles. The minimum absolute atomic E-state index is 0.00462. The van der Waals surface area contributed by atoms with Crippen LogP contribution < -0.4 is 29.4 Å². The van der Waals surface area contributed by atoms with Crippen molar-refractivity contribution in [1.82, 2.24) is 29.3 Å². The van der Waals surface area contributed by atoms with Gasteiger partial charge in [0.1, 0.15) is 17.6 Å². The summed E-state index contributed by atoms with van der Waals surface area (Å²) >= 11 is 0. The highest BCUT2D eigenvalue weighted by Crippen LogP contribution is 2.57. The summed E-state index contributed by atoms with van der Waals surface area (Å²) in [6, 6.07) is 21.4. The number of rotatable bonds is 6. The number of benzene rings is 4. The number of nitrogen functional groups attached to an aromatic ring is 1. The number of imidazole rings is 1. The van der Waals surface area contributed by atoms with Gasteiger partial charge in [0.05, 0.1) is 20.5 Å². The van der Waals surface area contributed by atoms with Crippen molar-refractivity contribution in [3.05, 3.63) is 107 Å². The summed E-state index contributed by atoms with van der Waals surface area (Å²) in [4.78, 5) is 18.1. The molecule has 12 heteroatoms. The summed E-state index contributed by atoms with van der Waals surface area (Å²) in [5, 5.41) is 0. The standard InChI is InChI=1S/C43H43N7O5/c1-48-15-11-27-20-35-36-22-30(27)31(48)18-26-7-10-33(51-2)34(19-26)53-29-8-5-25(6-9-29)17-32-38-28(21-37(52-3)40(54-35)41(38)55-36)12-16-49(32)13-4-14-50-24-47-39-42(44)45-23-46-43(39)50/h5-10,19-24,31-32H,4,11-18H2,1-3H3,(H2,44,45,46)/t31-,32?/m0/s1. The number of nitrogens with zero attached hydrogens (tertiary/aromatic N) is 6. The van der Waals surface area contributed by atoms with E-state index in [0.29, 0.717) is 34.3 Å². The number of hydrogen-bond acceptors (Lipinski definition) is 11. The first kappa shape index (κ1) is 33.7. The molecule has 2 N–H and O–H groups in total. The lowest BCUT2D eigenvalue weighted by atomic mass is 9.86. The highest BCUT2D eigenvalue weighted by molar-refractivity contribution is 5.81. The summed E-state index contributed by atoms with van der Waals surface area (Å²) < 4.78 is 34.3. The summed E-state index contributed by atoms with van der Waals surface area (Å²) in [5.74, 6) is 6.07. The molecule has 0 spiro atoms. The van der Waals surface area contributed by atoms with Crippen molar-refractivity contribution < 1.29 is 23.7 Å². The minimum atomic E-state index is 0.00462. The Morgan fingerprint density at radius 1 is 0.745 bits per heavy atom.